The molecule has 0 aliphatic carbocycles. The molecule has 2 nitrogen and oxygen atoms in total. The van der Waals surface area contributed by atoms with Crippen LogP contribution >= 0.6 is 22.9 Å². The Morgan fingerprint density at radius 1 is 1.62 bits per heavy atom. The van der Waals surface area contributed by atoms with Gasteiger partial charge >= 0.3 is 0 Å². The molecule has 0 aliphatic rings. The lowest BCUT2D eigenvalue weighted by atomic mass is 10.3. The highest BCUT2D eigenvalue weighted by Crippen LogP contribution is 2.20. The number of carbonyl (C=O) groups is 1. The highest BCUT2D eigenvalue weighted by Gasteiger charge is 1.97. The van der Waals surface area contributed by atoms with Gasteiger partial charge in [0, 0.05) is 24.4 Å². The molecular weight excluding hydrogens is 206 g/mol. The Morgan fingerprint density at radius 2 is 2.38 bits per heavy atom. The molecule has 1 heterocycles. The highest BCUT2D eigenvalue weighted by atomic mass is 35.5. The quantitative estimate of drug-likeness (QED) is 0.768. The number of thiophene rings is 1. The Bertz CT molecular complexity index is 285. The van der Waals surface area contributed by atoms with E-state index in [-0.39, 0.29) is 5.78 Å². The zero-order valence-electron chi connectivity index (χ0n) is 7.47. The maximum atomic E-state index is 10.6. The van der Waals surface area contributed by atoms with Gasteiger partial charge in [-0.2, -0.15) is 0 Å². The molecule has 13 heavy (non-hydrogen) atoms. The second-order valence-corrected chi connectivity index (χ2v) is 4.63. The molecule has 1 aromatic rings. The Morgan fingerprint density at radius 3 is 2.92 bits per heavy atom. The Balaban J connectivity index is 2.16. The van der Waals surface area contributed by atoms with Crippen LogP contribution in [0.5, 0.6) is 0 Å². The monoisotopic (exact) mass is 217 g/mol. The summed E-state index contributed by atoms with van der Waals surface area (Å²) in [4.78, 5) is 11.8. The van der Waals surface area contributed by atoms with Crippen molar-refractivity contribution in [2.75, 3.05) is 6.54 Å². The van der Waals surface area contributed by atoms with Gasteiger partial charge in [-0.05, 0) is 19.1 Å². The molecule has 0 bridgehead atoms. The Hall–Kier alpha value is -0.380. The van der Waals surface area contributed by atoms with Gasteiger partial charge in [0.15, 0.2) is 0 Å². The third-order valence-electron chi connectivity index (χ3n) is 1.58. The summed E-state index contributed by atoms with van der Waals surface area (Å²) in [5.41, 5.74) is 0. The molecular formula is C9H12ClNOS. The molecule has 0 saturated heterocycles. The zero-order valence-corrected chi connectivity index (χ0v) is 9.04. The minimum absolute atomic E-state index is 0.219. The van der Waals surface area contributed by atoms with Crippen molar-refractivity contribution in [3.05, 3.63) is 21.3 Å². The molecule has 0 aliphatic heterocycles. The van der Waals surface area contributed by atoms with Crippen LogP contribution in [0.3, 0.4) is 0 Å². The summed E-state index contributed by atoms with van der Waals surface area (Å²) < 4.78 is 0.809. The maximum Gasteiger partial charge on any atom is 0.131 e. The first kappa shape index (κ1) is 10.7. The van der Waals surface area contributed by atoms with Gasteiger partial charge in [-0.25, -0.2) is 0 Å². The van der Waals surface area contributed by atoms with E-state index in [2.05, 4.69) is 5.32 Å². The van der Waals surface area contributed by atoms with Crippen LogP contribution in [0, 0.1) is 0 Å². The second-order valence-electron chi connectivity index (χ2n) is 2.83. The number of rotatable bonds is 5. The summed E-state index contributed by atoms with van der Waals surface area (Å²) in [5.74, 6) is 0.219. The van der Waals surface area contributed by atoms with Gasteiger partial charge in [0.25, 0.3) is 0 Å². The van der Waals surface area contributed by atoms with Crippen LogP contribution in [0.4, 0.5) is 0 Å². The molecule has 1 N–H and O–H groups in total. The molecule has 0 spiro atoms. The summed E-state index contributed by atoms with van der Waals surface area (Å²) in [6.45, 7) is 3.14. The maximum absolute atomic E-state index is 10.6. The average Bonchev–Trinajstić information content (AvgIpc) is 2.45. The molecule has 0 saturated carbocycles. The number of hydrogen-bond donors (Lipinski definition) is 1. The molecule has 0 amide bonds. The number of ketones is 1. The molecule has 1 aromatic heterocycles. The van der Waals surface area contributed by atoms with Crippen LogP contribution in [-0.4, -0.2) is 12.3 Å². The molecule has 72 valence electrons. The number of carbonyl (C=O) groups excluding carboxylic acids is 1. The third kappa shape index (κ3) is 4.41. The van der Waals surface area contributed by atoms with Gasteiger partial charge in [0.2, 0.25) is 0 Å². The van der Waals surface area contributed by atoms with Crippen LogP contribution in [0.2, 0.25) is 4.34 Å². The summed E-state index contributed by atoms with van der Waals surface area (Å²) >= 11 is 7.32. The predicted molar refractivity (Wildman–Crippen MR) is 56.3 cm³/mol. The standard InChI is InChI=1S/C9H12ClNOS/c1-7(12)4-5-11-6-8-2-3-9(10)13-8/h2-3,11H,4-6H2,1H3. The topological polar surface area (TPSA) is 29.1 Å². The number of nitrogens with one attached hydrogen (secondary N) is 1. The average molecular weight is 218 g/mol. The fourth-order valence-electron chi connectivity index (χ4n) is 0.923. The first-order valence-electron chi connectivity index (χ1n) is 4.13. The van der Waals surface area contributed by atoms with Crippen molar-refractivity contribution in [3.63, 3.8) is 0 Å². The normalized spacial score (nSPS) is 10.3. The van der Waals surface area contributed by atoms with E-state index in [1.54, 1.807) is 18.3 Å². The van der Waals surface area contributed by atoms with Crippen LogP contribution < -0.4 is 5.32 Å². The molecule has 0 aromatic carbocycles. The van der Waals surface area contributed by atoms with Crippen molar-refractivity contribution in [2.24, 2.45) is 0 Å². The van der Waals surface area contributed by atoms with Gasteiger partial charge < -0.3 is 5.32 Å². The Kier molecular flexibility index (Phi) is 4.42. The molecule has 4 heteroatoms. The Labute approximate surface area is 86.9 Å². The van der Waals surface area contributed by atoms with E-state index in [0.717, 1.165) is 17.4 Å². The molecule has 0 radical (unpaired) electrons. The molecule has 0 atom stereocenters. The van der Waals surface area contributed by atoms with Crippen molar-refractivity contribution < 1.29 is 4.79 Å². The zero-order chi connectivity index (χ0) is 9.68. The summed E-state index contributed by atoms with van der Waals surface area (Å²) in [5, 5.41) is 3.18. The van der Waals surface area contributed by atoms with Crippen LogP contribution in [0.15, 0.2) is 12.1 Å². The van der Waals surface area contributed by atoms with Crippen LogP contribution in [0.25, 0.3) is 0 Å². The van der Waals surface area contributed by atoms with E-state index in [4.69, 9.17) is 11.6 Å². The van der Waals surface area contributed by atoms with Crippen molar-refractivity contribution in [3.8, 4) is 0 Å². The highest BCUT2D eigenvalue weighted by molar-refractivity contribution is 7.16. The summed E-state index contributed by atoms with van der Waals surface area (Å²) in [6.07, 6.45) is 0.596. The van der Waals surface area contributed by atoms with E-state index in [1.807, 2.05) is 12.1 Å². The van der Waals surface area contributed by atoms with E-state index in [0.29, 0.717) is 6.42 Å². The molecule has 0 fully saturated rings. The lowest BCUT2D eigenvalue weighted by Gasteiger charge is -1.99. The van der Waals surface area contributed by atoms with Crippen molar-refractivity contribution in [1.82, 2.24) is 5.32 Å². The van der Waals surface area contributed by atoms with Gasteiger partial charge in [-0.1, -0.05) is 11.6 Å². The summed E-state index contributed by atoms with van der Waals surface area (Å²) in [7, 11) is 0. The predicted octanol–water partition coefficient (Wildman–Crippen LogP) is 2.47. The minimum atomic E-state index is 0.219. The van der Waals surface area contributed by atoms with Crippen molar-refractivity contribution >= 4 is 28.7 Å². The summed E-state index contributed by atoms with van der Waals surface area (Å²) in [6, 6.07) is 3.88. The van der Waals surface area contributed by atoms with Gasteiger partial charge in [0.1, 0.15) is 5.78 Å². The fraction of sp³-hybridized carbons (Fsp3) is 0.444. The largest absolute Gasteiger partial charge is 0.311 e. The van der Waals surface area contributed by atoms with Gasteiger partial charge in [-0.15, -0.1) is 11.3 Å². The van der Waals surface area contributed by atoms with Gasteiger partial charge in [-0.3, -0.25) is 4.79 Å². The lowest BCUT2D eigenvalue weighted by Crippen LogP contribution is -2.15. The van der Waals surface area contributed by atoms with Crippen LogP contribution in [-0.2, 0) is 11.3 Å². The van der Waals surface area contributed by atoms with E-state index >= 15 is 0 Å². The lowest BCUT2D eigenvalue weighted by molar-refractivity contribution is -0.116. The number of halogens is 1. The SMILES string of the molecule is CC(=O)CCNCc1ccc(Cl)s1. The molecule has 1 rings (SSSR count). The second kappa shape index (κ2) is 5.37. The third-order valence-corrected chi connectivity index (χ3v) is 2.81. The van der Waals surface area contributed by atoms with E-state index in [9.17, 15) is 4.79 Å². The van der Waals surface area contributed by atoms with E-state index in [1.165, 1.54) is 4.88 Å². The molecule has 0 unspecified atom stereocenters. The van der Waals surface area contributed by atoms with E-state index < -0.39 is 0 Å². The van der Waals surface area contributed by atoms with Crippen molar-refractivity contribution in [2.45, 2.75) is 19.9 Å². The smallest absolute Gasteiger partial charge is 0.131 e. The fourth-order valence-corrected chi connectivity index (χ4v) is 1.98. The minimum Gasteiger partial charge on any atom is -0.311 e. The number of hydrogen-bond acceptors (Lipinski definition) is 3. The van der Waals surface area contributed by atoms with Crippen molar-refractivity contribution in [1.29, 1.82) is 0 Å². The van der Waals surface area contributed by atoms with Gasteiger partial charge in [0.05, 0.1) is 4.34 Å². The van der Waals surface area contributed by atoms with Crippen LogP contribution in [0.1, 0.15) is 18.2 Å². The number of Topliss-reactive ketones (excluding diaryl/α,β-unsaturated/α-hetero) is 1. The first-order chi connectivity index (χ1) is 6.18. The first-order valence-corrected chi connectivity index (χ1v) is 5.32.